The Kier molecular flexibility index (Phi) is 4.68. The summed E-state index contributed by atoms with van der Waals surface area (Å²) >= 11 is 4.73. The van der Waals surface area contributed by atoms with Crippen molar-refractivity contribution in [2.24, 2.45) is 16.7 Å². The number of fused-ring (bicyclic) bond motifs is 2. The van der Waals surface area contributed by atoms with Crippen molar-refractivity contribution in [3.05, 3.63) is 0 Å². The van der Waals surface area contributed by atoms with Gasteiger partial charge in [-0.25, -0.2) is 8.42 Å². The molecule has 2 saturated carbocycles. The molecule has 0 aromatic carbocycles. The van der Waals surface area contributed by atoms with E-state index in [1.54, 1.807) is 4.31 Å². The third-order valence-electron chi connectivity index (χ3n) is 6.46. The molecule has 0 spiro atoms. The lowest BCUT2D eigenvalue weighted by Crippen LogP contribution is -2.54. The van der Waals surface area contributed by atoms with E-state index < -0.39 is 20.2 Å². The summed E-state index contributed by atoms with van der Waals surface area (Å²) in [6.45, 7) is 11.9. The van der Waals surface area contributed by atoms with Crippen LogP contribution in [0.2, 0.25) is 0 Å². The second kappa shape index (κ2) is 5.64. The van der Waals surface area contributed by atoms with E-state index in [1.165, 1.54) is 0 Å². The van der Waals surface area contributed by atoms with Gasteiger partial charge in [0.2, 0.25) is 10.0 Å². The minimum absolute atomic E-state index is 0.0247. The zero-order chi connectivity index (χ0) is 17.8. The summed E-state index contributed by atoms with van der Waals surface area (Å²) in [5.74, 6) is 0.401. The molecule has 2 bridgehead atoms. The predicted octanol–water partition coefficient (Wildman–Crippen LogP) is 3.45. The smallest absolute Gasteiger partial charge is 0.212 e. The molecule has 2 fully saturated rings. The standard InChI is InChI=1S/C17H30N2O2S2/c1-12(2)19(13(3)4)23(20,21)11-16-8-7-14(15(16,5)6)9-17(16,22)10-18/h12-14,22H,7-9,11H2,1-6H3. The molecule has 3 unspecified atom stereocenters. The molecule has 2 aliphatic rings. The fourth-order valence-electron chi connectivity index (χ4n) is 5.30. The highest BCUT2D eigenvalue weighted by molar-refractivity contribution is 7.89. The number of thiol groups is 1. The van der Waals surface area contributed by atoms with Crippen molar-refractivity contribution in [1.82, 2.24) is 4.31 Å². The second-order valence-corrected chi connectivity index (χ2v) is 11.1. The highest BCUT2D eigenvalue weighted by Gasteiger charge is 2.71. The van der Waals surface area contributed by atoms with Gasteiger partial charge in [-0.3, -0.25) is 0 Å². The third kappa shape index (κ3) is 2.54. The Morgan fingerprint density at radius 1 is 1.26 bits per heavy atom. The molecule has 0 N–H and O–H groups in total. The van der Waals surface area contributed by atoms with Gasteiger partial charge in [0, 0.05) is 17.5 Å². The molecule has 6 heteroatoms. The third-order valence-corrected chi connectivity index (χ3v) is 9.51. The topological polar surface area (TPSA) is 61.2 Å². The monoisotopic (exact) mass is 358 g/mol. The van der Waals surface area contributed by atoms with Crippen LogP contribution in [0.4, 0.5) is 0 Å². The molecular weight excluding hydrogens is 328 g/mol. The molecule has 23 heavy (non-hydrogen) atoms. The van der Waals surface area contributed by atoms with Crippen LogP contribution in [-0.4, -0.2) is 35.3 Å². The van der Waals surface area contributed by atoms with E-state index in [4.69, 9.17) is 12.6 Å². The van der Waals surface area contributed by atoms with Crippen molar-refractivity contribution in [2.75, 3.05) is 5.75 Å². The molecule has 3 atom stereocenters. The number of sulfonamides is 1. The molecule has 2 rings (SSSR count). The Morgan fingerprint density at radius 3 is 2.17 bits per heavy atom. The maximum Gasteiger partial charge on any atom is 0.215 e. The van der Waals surface area contributed by atoms with Crippen molar-refractivity contribution >= 4 is 22.7 Å². The van der Waals surface area contributed by atoms with E-state index in [2.05, 4.69) is 19.9 Å². The number of nitriles is 1. The van der Waals surface area contributed by atoms with Crippen LogP contribution < -0.4 is 0 Å². The average molecular weight is 359 g/mol. The van der Waals surface area contributed by atoms with Crippen LogP contribution in [0.15, 0.2) is 0 Å². The van der Waals surface area contributed by atoms with E-state index in [9.17, 15) is 13.7 Å². The maximum absolute atomic E-state index is 13.2. The van der Waals surface area contributed by atoms with E-state index in [-0.39, 0.29) is 23.3 Å². The molecule has 0 heterocycles. The highest BCUT2D eigenvalue weighted by Crippen LogP contribution is 2.72. The van der Waals surface area contributed by atoms with Gasteiger partial charge >= 0.3 is 0 Å². The Bertz CT molecular complexity index is 613. The Labute approximate surface area is 147 Å². The van der Waals surface area contributed by atoms with E-state index >= 15 is 0 Å². The summed E-state index contributed by atoms with van der Waals surface area (Å²) in [6.07, 6.45) is 2.46. The van der Waals surface area contributed by atoms with Crippen LogP contribution >= 0.6 is 12.6 Å². The molecule has 0 saturated heterocycles. The van der Waals surface area contributed by atoms with Gasteiger partial charge in [0.15, 0.2) is 0 Å². The van der Waals surface area contributed by atoms with Crippen LogP contribution in [0.3, 0.4) is 0 Å². The van der Waals surface area contributed by atoms with Crippen LogP contribution in [0.1, 0.15) is 60.8 Å². The van der Waals surface area contributed by atoms with Crippen molar-refractivity contribution < 1.29 is 8.42 Å². The summed E-state index contributed by atoms with van der Waals surface area (Å²) in [5, 5.41) is 9.76. The molecule has 0 aromatic heterocycles. The van der Waals surface area contributed by atoms with Crippen molar-refractivity contribution in [3.8, 4) is 6.07 Å². The molecular formula is C17H30N2O2S2. The summed E-state index contributed by atoms with van der Waals surface area (Å²) in [5.41, 5.74) is -0.763. The van der Waals surface area contributed by atoms with Crippen LogP contribution in [-0.2, 0) is 10.0 Å². The second-order valence-electron chi connectivity index (χ2n) is 8.49. The first-order valence-corrected chi connectivity index (χ1v) is 10.5. The van der Waals surface area contributed by atoms with Gasteiger partial charge in [-0.2, -0.15) is 22.2 Å². The molecule has 0 amide bonds. The fraction of sp³-hybridized carbons (Fsp3) is 0.941. The van der Waals surface area contributed by atoms with Gasteiger partial charge in [0.05, 0.1) is 11.8 Å². The molecule has 0 aliphatic heterocycles. The maximum atomic E-state index is 13.2. The van der Waals surface area contributed by atoms with Gasteiger partial charge in [-0.15, -0.1) is 0 Å². The van der Waals surface area contributed by atoms with E-state index in [0.717, 1.165) is 12.8 Å². The minimum atomic E-state index is -3.47. The fourth-order valence-corrected chi connectivity index (χ4v) is 8.92. The number of hydrogen-bond acceptors (Lipinski definition) is 4. The largest absolute Gasteiger partial charge is 0.215 e. The Morgan fingerprint density at radius 2 is 1.78 bits per heavy atom. The Hall–Kier alpha value is -0.250. The summed E-state index contributed by atoms with van der Waals surface area (Å²) in [4.78, 5) is 0. The van der Waals surface area contributed by atoms with Gasteiger partial charge in [0.1, 0.15) is 4.75 Å². The lowest BCUT2D eigenvalue weighted by atomic mass is 9.66. The molecule has 132 valence electrons. The summed E-state index contributed by atoms with van der Waals surface area (Å²) in [7, 11) is -3.47. The number of nitrogens with zero attached hydrogens (tertiary/aromatic N) is 2. The van der Waals surface area contributed by atoms with Gasteiger partial charge < -0.3 is 0 Å². The van der Waals surface area contributed by atoms with Gasteiger partial charge in [-0.1, -0.05) is 13.8 Å². The molecule has 0 aromatic rings. The average Bonchev–Trinajstić information content (AvgIpc) is 2.69. The van der Waals surface area contributed by atoms with Crippen LogP contribution in [0.25, 0.3) is 0 Å². The van der Waals surface area contributed by atoms with Gasteiger partial charge in [0.25, 0.3) is 0 Å². The summed E-state index contributed by atoms with van der Waals surface area (Å²) < 4.78 is 27.2. The van der Waals surface area contributed by atoms with Crippen molar-refractivity contribution in [2.45, 2.75) is 77.6 Å². The molecule has 2 aliphatic carbocycles. The molecule has 4 nitrogen and oxygen atoms in total. The first-order chi connectivity index (χ1) is 10.3. The first kappa shape index (κ1) is 19.1. The van der Waals surface area contributed by atoms with Gasteiger partial charge in [-0.05, 0) is 58.3 Å². The summed E-state index contributed by atoms with van der Waals surface area (Å²) in [6, 6.07) is 2.19. The quantitative estimate of drug-likeness (QED) is 0.766. The number of rotatable bonds is 5. The predicted molar refractivity (Wildman–Crippen MR) is 96.8 cm³/mol. The highest BCUT2D eigenvalue weighted by atomic mass is 32.2. The van der Waals surface area contributed by atoms with Crippen molar-refractivity contribution in [1.29, 1.82) is 5.26 Å². The SMILES string of the molecule is CC(C)N(C(C)C)S(=O)(=O)CC12CCC(CC1(S)C#N)C2(C)C. The Balaban J connectivity index is 2.50. The lowest BCUT2D eigenvalue weighted by molar-refractivity contribution is 0.140. The van der Waals surface area contributed by atoms with Crippen LogP contribution in [0, 0.1) is 28.1 Å². The normalized spacial score (nSPS) is 36.1. The van der Waals surface area contributed by atoms with Crippen LogP contribution in [0.5, 0.6) is 0 Å². The first-order valence-electron chi connectivity index (χ1n) is 8.49. The van der Waals surface area contributed by atoms with Crippen molar-refractivity contribution in [3.63, 3.8) is 0 Å². The van der Waals surface area contributed by atoms with E-state index in [0.29, 0.717) is 12.3 Å². The lowest BCUT2D eigenvalue weighted by Gasteiger charge is -2.46. The van der Waals surface area contributed by atoms with E-state index in [1.807, 2.05) is 27.7 Å². The zero-order valence-corrected chi connectivity index (χ0v) is 16.8. The number of hydrogen-bond donors (Lipinski definition) is 1. The molecule has 0 radical (unpaired) electrons. The minimum Gasteiger partial charge on any atom is -0.212 e. The zero-order valence-electron chi connectivity index (χ0n) is 15.1.